The fourth-order valence-corrected chi connectivity index (χ4v) is 3.41. The van der Waals surface area contributed by atoms with E-state index in [0.717, 1.165) is 17.9 Å². The first kappa shape index (κ1) is 14.3. The van der Waals surface area contributed by atoms with Crippen LogP contribution in [0.4, 0.5) is 5.82 Å². The molecule has 0 aliphatic carbocycles. The van der Waals surface area contributed by atoms with Crippen LogP contribution in [0, 0.1) is 0 Å². The summed E-state index contributed by atoms with van der Waals surface area (Å²) in [6.45, 7) is 6.18. The highest BCUT2D eigenvalue weighted by Crippen LogP contribution is 2.17. The molecule has 1 unspecified atom stereocenters. The van der Waals surface area contributed by atoms with Crippen molar-refractivity contribution < 1.29 is 8.42 Å². The maximum Gasteiger partial charge on any atom is 0.153 e. The zero-order valence-electron chi connectivity index (χ0n) is 11.5. The Morgan fingerprint density at radius 3 is 2.58 bits per heavy atom. The van der Waals surface area contributed by atoms with E-state index in [0.29, 0.717) is 13.1 Å². The quantitative estimate of drug-likeness (QED) is 0.893. The summed E-state index contributed by atoms with van der Waals surface area (Å²) < 4.78 is 22.8. The van der Waals surface area contributed by atoms with Crippen LogP contribution in [0.5, 0.6) is 0 Å². The summed E-state index contributed by atoms with van der Waals surface area (Å²) in [5.74, 6) is 1.32. The van der Waals surface area contributed by atoms with Crippen LogP contribution in [0.15, 0.2) is 18.3 Å². The van der Waals surface area contributed by atoms with E-state index in [2.05, 4.69) is 30.2 Å². The van der Waals surface area contributed by atoms with Crippen LogP contribution in [-0.4, -0.2) is 44.5 Å². The highest BCUT2D eigenvalue weighted by atomic mass is 32.2. The van der Waals surface area contributed by atoms with Gasteiger partial charge in [0, 0.05) is 25.3 Å². The highest BCUT2D eigenvalue weighted by molar-refractivity contribution is 7.91. The second kappa shape index (κ2) is 5.88. The van der Waals surface area contributed by atoms with Gasteiger partial charge in [0.15, 0.2) is 9.84 Å². The van der Waals surface area contributed by atoms with Gasteiger partial charge in [0.2, 0.25) is 0 Å². The van der Waals surface area contributed by atoms with E-state index < -0.39 is 9.84 Å². The molecular formula is C13H21N3O2S. The molecule has 106 valence electrons. The number of nitrogens with zero attached hydrogens (tertiary/aromatic N) is 2. The van der Waals surface area contributed by atoms with Gasteiger partial charge in [0.1, 0.15) is 5.82 Å². The van der Waals surface area contributed by atoms with Crippen molar-refractivity contribution in [2.75, 3.05) is 36.0 Å². The lowest BCUT2D eigenvalue weighted by Gasteiger charge is -2.27. The highest BCUT2D eigenvalue weighted by Gasteiger charge is 2.22. The van der Waals surface area contributed by atoms with Crippen molar-refractivity contribution in [3.63, 3.8) is 0 Å². The minimum Gasteiger partial charge on any atom is -0.355 e. The Labute approximate surface area is 114 Å². The van der Waals surface area contributed by atoms with Crippen LogP contribution < -0.4 is 10.2 Å². The molecule has 6 heteroatoms. The molecule has 19 heavy (non-hydrogen) atoms. The van der Waals surface area contributed by atoms with Crippen LogP contribution in [-0.2, 0) is 9.84 Å². The van der Waals surface area contributed by atoms with Crippen molar-refractivity contribution >= 4 is 15.7 Å². The fraction of sp³-hybridized carbons (Fsp3) is 0.615. The maximum atomic E-state index is 11.4. The summed E-state index contributed by atoms with van der Waals surface area (Å²) in [7, 11) is -2.83. The summed E-state index contributed by atoms with van der Waals surface area (Å²) >= 11 is 0. The molecule has 0 aromatic carbocycles. The monoisotopic (exact) mass is 283 g/mol. The van der Waals surface area contributed by atoms with Crippen molar-refractivity contribution in [3.8, 4) is 0 Å². The van der Waals surface area contributed by atoms with Crippen molar-refractivity contribution in [1.29, 1.82) is 0 Å². The fourth-order valence-electron chi connectivity index (χ4n) is 2.21. The van der Waals surface area contributed by atoms with Gasteiger partial charge in [-0.05, 0) is 25.1 Å². The van der Waals surface area contributed by atoms with E-state index in [-0.39, 0.29) is 17.5 Å². The molecule has 1 N–H and O–H groups in total. The van der Waals surface area contributed by atoms with E-state index in [1.54, 1.807) is 0 Å². The Kier molecular flexibility index (Phi) is 4.42. The van der Waals surface area contributed by atoms with Crippen molar-refractivity contribution in [2.24, 2.45) is 0 Å². The maximum absolute atomic E-state index is 11.4. The third kappa shape index (κ3) is 3.67. The van der Waals surface area contributed by atoms with Gasteiger partial charge in [-0.2, -0.15) is 0 Å². The predicted molar refractivity (Wildman–Crippen MR) is 77.2 cm³/mol. The number of nitrogens with one attached hydrogen (secondary N) is 1. The molecule has 0 amide bonds. The van der Waals surface area contributed by atoms with E-state index >= 15 is 0 Å². The summed E-state index contributed by atoms with van der Waals surface area (Å²) in [5.41, 5.74) is 1.15. The van der Waals surface area contributed by atoms with Gasteiger partial charge in [-0.15, -0.1) is 0 Å². The summed E-state index contributed by atoms with van der Waals surface area (Å²) in [5, 5.41) is 3.34. The summed E-state index contributed by atoms with van der Waals surface area (Å²) in [6.07, 6.45) is 1.87. The molecule has 5 nitrogen and oxygen atoms in total. The molecule has 1 fully saturated rings. The number of hydrogen-bond donors (Lipinski definition) is 1. The lowest BCUT2D eigenvalue weighted by Crippen LogP contribution is -2.40. The molecular weight excluding hydrogens is 262 g/mol. The Hall–Kier alpha value is -1.14. The topological polar surface area (TPSA) is 62.3 Å². The van der Waals surface area contributed by atoms with E-state index in [9.17, 15) is 8.42 Å². The van der Waals surface area contributed by atoms with Crippen LogP contribution in [0.25, 0.3) is 0 Å². The number of sulfone groups is 1. The van der Waals surface area contributed by atoms with Gasteiger partial charge in [-0.1, -0.05) is 13.0 Å². The number of anilines is 1. The molecule has 1 atom stereocenters. The van der Waals surface area contributed by atoms with Gasteiger partial charge in [-0.3, -0.25) is 0 Å². The van der Waals surface area contributed by atoms with Crippen molar-refractivity contribution in [1.82, 2.24) is 10.3 Å². The zero-order valence-corrected chi connectivity index (χ0v) is 12.3. The third-order valence-corrected chi connectivity index (χ3v) is 5.06. The molecule has 0 radical (unpaired) electrons. The summed E-state index contributed by atoms with van der Waals surface area (Å²) in [6, 6.07) is 4.31. The predicted octanol–water partition coefficient (Wildman–Crippen LogP) is 0.987. The molecule has 0 bridgehead atoms. The third-order valence-electron chi connectivity index (χ3n) is 3.45. The van der Waals surface area contributed by atoms with Gasteiger partial charge in [0.25, 0.3) is 0 Å². The van der Waals surface area contributed by atoms with Crippen LogP contribution >= 0.6 is 0 Å². The van der Waals surface area contributed by atoms with Crippen LogP contribution in [0.3, 0.4) is 0 Å². The largest absolute Gasteiger partial charge is 0.355 e. The van der Waals surface area contributed by atoms with Crippen molar-refractivity contribution in [3.05, 3.63) is 23.9 Å². The molecule has 2 heterocycles. The standard InChI is InChI=1S/C13H21N3O2S/c1-3-14-11(2)12-4-5-13(15-10-12)16-6-8-19(17,18)9-7-16/h4-5,10-11,14H,3,6-9H2,1-2H3. The Balaban J connectivity index is 2.03. The number of pyridine rings is 1. The zero-order chi connectivity index (χ0) is 13.9. The minimum atomic E-state index is -2.83. The second-order valence-electron chi connectivity index (χ2n) is 4.87. The Bertz CT molecular complexity index is 499. The van der Waals surface area contributed by atoms with Gasteiger partial charge < -0.3 is 10.2 Å². The van der Waals surface area contributed by atoms with Gasteiger partial charge in [0.05, 0.1) is 11.5 Å². The van der Waals surface area contributed by atoms with E-state index in [4.69, 9.17) is 0 Å². The molecule has 0 spiro atoms. The SMILES string of the molecule is CCNC(C)c1ccc(N2CCS(=O)(=O)CC2)nc1. The van der Waals surface area contributed by atoms with E-state index in [1.165, 1.54) is 0 Å². The van der Waals surface area contributed by atoms with Crippen LogP contribution in [0.1, 0.15) is 25.5 Å². The van der Waals surface area contributed by atoms with Crippen LogP contribution in [0.2, 0.25) is 0 Å². The van der Waals surface area contributed by atoms with Crippen molar-refractivity contribution in [2.45, 2.75) is 19.9 Å². The van der Waals surface area contributed by atoms with Gasteiger partial charge >= 0.3 is 0 Å². The molecule has 1 saturated heterocycles. The first-order valence-corrected chi connectivity index (χ1v) is 8.48. The smallest absolute Gasteiger partial charge is 0.153 e. The first-order valence-electron chi connectivity index (χ1n) is 6.66. The molecule has 1 aromatic rings. The average Bonchev–Trinajstić information content (AvgIpc) is 2.39. The Morgan fingerprint density at radius 2 is 2.05 bits per heavy atom. The Morgan fingerprint density at radius 1 is 1.37 bits per heavy atom. The minimum absolute atomic E-state index is 0.226. The second-order valence-corrected chi connectivity index (χ2v) is 7.17. The lowest BCUT2D eigenvalue weighted by atomic mass is 10.1. The number of rotatable bonds is 4. The first-order chi connectivity index (χ1) is 9.02. The number of hydrogen-bond acceptors (Lipinski definition) is 5. The number of aromatic nitrogens is 1. The molecule has 2 rings (SSSR count). The molecule has 0 saturated carbocycles. The van der Waals surface area contributed by atoms with Gasteiger partial charge in [-0.25, -0.2) is 13.4 Å². The lowest BCUT2D eigenvalue weighted by molar-refractivity contribution is 0.586. The average molecular weight is 283 g/mol. The summed E-state index contributed by atoms with van der Waals surface area (Å²) in [4.78, 5) is 6.48. The molecule has 1 aliphatic heterocycles. The normalized spacial score (nSPS) is 20.2. The molecule has 1 aliphatic rings. The molecule has 1 aromatic heterocycles. The van der Waals surface area contributed by atoms with E-state index in [1.807, 2.05) is 17.2 Å².